The highest BCUT2D eigenvalue weighted by Gasteiger charge is 2.29. The monoisotopic (exact) mass is 403 g/mol. The van der Waals surface area contributed by atoms with Gasteiger partial charge in [0.05, 0.1) is 24.4 Å². The van der Waals surface area contributed by atoms with Crippen LogP contribution in [-0.4, -0.2) is 34.7 Å². The normalized spacial score (nSPS) is 15.9. The molecule has 0 radical (unpaired) electrons. The Morgan fingerprint density at radius 2 is 1.90 bits per heavy atom. The van der Waals surface area contributed by atoms with Gasteiger partial charge in [0.15, 0.2) is 0 Å². The number of methoxy groups -OCH3 is 1. The van der Waals surface area contributed by atoms with Crippen molar-refractivity contribution in [3.05, 3.63) is 83.2 Å². The fourth-order valence-electron chi connectivity index (χ4n) is 4.00. The fraction of sp³-hybridized carbons (Fsp3) is 0.292. The van der Waals surface area contributed by atoms with E-state index in [4.69, 9.17) is 9.72 Å². The molecule has 6 nitrogen and oxygen atoms in total. The van der Waals surface area contributed by atoms with Gasteiger partial charge in [-0.15, -0.1) is 0 Å². The molecule has 4 rings (SSSR count). The number of anilines is 1. The van der Waals surface area contributed by atoms with E-state index in [9.17, 15) is 9.90 Å². The first-order valence-electron chi connectivity index (χ1n) is 10.2. The van der Waals surface area contributed by atoms with E-state index in [1.54, 1.807) is 7.11 Å². The zero-order valence-corrected chi connectivity index (χ0v) is 17.0. The lowest BCUT2D eigenvalue weighted by Crippen LogP contribution is -2.25. The number of carbonyl (C=O) groups is 1. The van der Waals surface area contributed by atoms with Crippen molar-refractivity contribution in [2.75, 3.05) is 18.6 Å². The molecule has 1 N–H and O–H groups in total. The Labute approximate surface area is 176 Å². The summed E-state index contributed by atoms with van der Waals surface area (Å²) in [7, 11) is 1.66. The van der Waals surface area contributed by atoms with Gasteiger partial charge in [-0.25, -0.2) is 14.8 Å². The number of hydrogen-bond donors (Lipinski definition) is 1. The van der Waals surface area contributed by atoms with Gasteiger partial charge in [-0.1, -0.05) is 42.5 Å². The maximum atomic E-state index is 11.7. The molecule has 1 atom stereocenters. The zero-order valence-electron chi connectivity index (χ0n) is 17.0. The third-order valence-electron chi connectivity index (χ3n) is 5.59. The molecule has 0 bridgehead atoms. The van der Waals surface area contributed by atoms with Crippen LogP contribution in [0, 0.1) is 0 Å². The molecular formula is C24H25N3O3. The van der Waals surface area contributed by atoms with Gasteiger partial charge < -0.3 is 14.7 Å². The number of aromatic nitrogens is 2. The summed E-state index contributed by atoms with van der Waals surface area (Å²) < 4.78 is 5.26. The third kappa shape index (κ3) is 4.27. The van der Waals surface area contributed by atoms with E-state index in [0.29, 0.717) is 18.1 Å². The van der Waals surface area contributed by atoms with Gasteiger partial charge in [0.25, 0.3) is 0 Å². The average molecular weight is 403 g/mol. The molecule has 1 aliphatic heterocycles. The van der Waals surface area contributed by atoms with Crippen LogP contribution in [0.15, 0.2) is 60.8 Å². The van der Waals surface area contributed by atoms with Gasteiger partial charge in [-0.05, 0) is 48.9 Å². The lowest BCUT2D eigenvalue weighted by atomic mass is 10.0. The summed E-state index contributed by atoms with van der Waals surface area (Å²) in [5, 5.41) is 9.59. The van der Waals surface area contributed by atoms with Crippen LogP contribution in [0.2, 0.25) is 0 Å². The van der Waals surface area contributed by atoms with Crippen molar-refractivity contribution >= 4 is 11.9 Å². The summed E-state index contributed by atoms with van der Waals surface area (Å²) >= 11 is 0. The third-order valence-corrected chi connectivity index (χ3v) is 5.59. The number of rotatable bonds is 7. The second kappa shape index (κ2) is 8.95. The van der Waals surface area contributed by atoms with Crippen LogP contribution in [0.3, 0.4) is 0 Å². The Bertz CT molecular complexity index is 1010. The summed E-state index contributed by atoms with van der Waals surface area (Å²) in [5.41, 5.74) is 3.10. The van der Waals surface area contributed by atoms with Crippen molar-refractivity contribution in [1.29, 1.82) is 0 Å². The molecular weight excluding hydrogens is 378 g/mol. The molecule has 0 unspecified atom stereocenters. The Balaban J connectivity index is 1.60. The van der Waals surface area contributed by atoms with Crippen molar-refractivity contribution < 1.29 is 14.6 Å². The van der Waals surface area contributed by atoms with Gasteiger partial charge in [0, 0.05) is 12.7 Å². The lowest BCUT2D eigenvalue weighted by molar-refractivity contribution is 0.0694. The molecule has 3 aromatic rings. The van der Waals surface area contributed by atoms with Crippen LogP contribution in [-0.2, 0) is 12.8 Å². The molecule has 2 aromatic carbocycles. The molecule has 1 saturated heterocycles. The van der Waals surface area contributed by atoms with E-state index in [-0.39, 0.29) is 11.6 Å². The smallest absolute Gasteiger partial charge is 0.339 e. The zero-order chi connectivity index (χ0) is 20.9. The van der Waals surface area contributed by atoms with Crippen LogP contribution >= 0.6 is 0 Å². The van der Waals surface area contributed by atoms with E-state index in [1.165, 1.54) is 11.8 Å². The minimum atomic E-state index is -0.988. The molecule has 154 valence electrons. The molecule has 0 amide bonds. The minimum absolute atomic E-state index is 0.175. The first kappa shape index (κ1) is 19.9. The maximum absolute atomic E-state index is 11.7. The number of ether oxygens (including phenoxy) is 1. The topological polar surface area (TPSA) is 75.5 Å². The van der Waals surface area contributed by atoms with E-state index in [1.807, 2.05) is 42.5 Å². The quantitative estimate of drug-likeness (QED) is 0.634. The van der Waals surface area contributed by atoms with Gasteiger partial charge >= 0.3 is 5.97 Å². The summed E-state index contributed by atoms with van der Waals surface area (Å²) in [6, 6.07) is 18.3. The standard InChI is InChI=1S/C24H25N3O3/c1-30-19-12-10-18(11-13-19)22-8-5-15-27(22)24-25-16-20(23(28)29)21(26-24)14-9-17-6-3-2-4-7-17/h2-4,6-7,10-13,16,22H,5,8-9,14-15H2,1H3,(H,28,29)/t22-/m0/s1. The van der Waals surface area contributed by atoms with Crippen molar-refractivity contribution in [1.82, 2.24) is 9.97 Å². The van der Waals surface area contributed by atoms with Crippen LogP contribution in [0.4, 0.5) is 5.95 Å². The lowest BCUT2D eigenvalue weighted by Gasteiger charge is -2.25. The average Bonchev–Trinajstić information content (AvgIpc) is 3.28. The Kier molecular flexibility index (Phi) is 5.93. The number of aryl methyl sites for hydroxylation is 2. The summed E-state index contributed by atoms with van der Waals surface area (Å²) in [6.07, 6.45) is 4.80. The highest BCUT2D eigenvalue weighted by molar-refractivity contribution is 5.88. The molecule has 0 saturated carbocycles. The fourth-order valence-corrected chi connectivity index (χ4v) is 4.00. The Hall–Kier alpha value is -3.41. The number of benzene rings is 2. The van der Waals surface area contributed by atoms with Gasteiger partial charge in [0.1, 0.15) is 5.75 Å². The number of carboxylic acid groups (broad SMARTS) is 1. The molecule has 0 aliphatic carbocycles. The first-order chi connectivity index (χ1) is 14.7. The molecule has 30 heavy (non-hydrogen) atoms. The minimum Gasteiger partial charge on any atom is -0.497 e. The highest BCUT2D eigenvalue weighted by atomic mass is 16.5. The molecule has 1 fully saturated rings. The molecule has 2 heterocycles. The second-order valence-electron chi connectivity index (χ2n) is 7.45. The number of hydrogen-bond acceptors (Lipinski definition) is 5. The van der Waals surface area contributed by atoms with Gasteiger partial charge in [-0.2, -0.15) is 0 Å². The number of nitrogens with zero attached hydrogens (tertiary/aromatic N) is 3. The van der Waals surface area contributed by atoms with Gasteiger partial charge in [0.2, 0.25) is 5.95 Å². The SMILES string of the molecule is COc1ccc([C@@H]2CCCN2c2ncc(C(=O)O)c(CCc3ccccc3)n2)cc1. The molecule has 1 aromatic heterocycles. The van der Waals surface area contributed by atoms with E-state index < -0.39 is 5.97 Å². The largest absolute Gasteiger partial charge is 0.497 e. The molecule has 1 aliphatic rings. The van der Waals surface area contributed by atoms with Gasteiger partial charge in [-0.3, -0.25) is 0 Å². The highest BCUT2D eigenvalue weighted by Crippen LogP contribution is 2.35. The molecule has 6 heteroatoms. The predicted molar refractivity (Wildman–Crippen MR) is 115 cm³/mol. The van der Waals surface area contributed by atoms with Crippen molar-refractivity contribution in [2.24, 2.45) is 0 Å². The van der Waals surface area contributed by atoms with Crippen molar-refractivity contribution in [3.8, 4) is 5.75 Å². The summed E-state index contributed by atoms with van der Waals surface area (Å²) in [4.78, 5) is 23.0. The van der Waals surface area contributed by atoms with Crippen molar-refractivity contribution in [2.45, 2.75) is 31.7 Å². The Morgan fingerprint density at radius 3 is 2.60 bits per heavy atom. The van der Waals surface area contributed by atoms with Crippen LogP contribution < -0.4 is 9.64 Å². The van der Waals surface area contributed by atoms with Crippen LogP contribution in [0.25, 0.3) is 0 Å². The van der Waals surface area contributed by atoms with E-state index in [2.05, 4.69) is 22.0 Å². The van der Waals surface area contributed by atoms with Crippen LogP contribution in [0.5, 0.6) is 5.75 Å². The Morgan fingerprint density at radius 1 is 1.13 bits per heavy atom. The van der Waals surface area contributed by atoms with E-state index >= 15 is 0 Å². The molecule has 0 spiro atoms. The number of carboxylic acids is 1. The predicted octanol–water partition coefficient (Wildman–Crippen LogP) is 4.31. The summed E-state index contributed by atoms with van der Waals surface area (Å²) in [6.45, 7) is 0.848. The maximum Gasteiger partial charge on any atom is 0.339 e. The first-order valence-corrected chi connectivity index (χ1v) is 10.2. The van der Waals surface area contributed by atoms with Crippen molar-refractivity contribution in [3.63, 3.8) is 0 Å². The summed E-state index contributed by atoms with van der Waals surface area (Å²) in [5.74, 6) is 0.438. The number of aromatic carboxylic acids is 1. The van der Waals surface area contributed by atoms with E-state index in [0.717, 1.165) is 37.1 Å². The second-order valence-corrected chi connectivity index (χ2v) is 7.45. The van der Waals surface area contributed by atoms with Crippen LogP contribution in [0.1, 0.15) is 46.1 Å².